The molecule has 0 aromatic heterocycles. The number of hydrogen-bond donors (Lipinski definition) is 0. The van der Waals surface area contributed by atoms with Gasteiger partial charge in [-0.1, -0.05) is 113 Å². The average Bonchev–Trinajstić information content (AvgIpc) is 2.60. The fourth-order valence-electron chi connectivity index (χ4n) is 2.36. The van der Waals surface area contributed by atoms with Crippen LogP contribution in [0.3, 0.4) is 0 Å². The van der Waals surface area contributed by atoms with Gasteiger partial charge in [-0.2, -0.15) is 0 Å². The van der Waals surface area contributed by atoms with Crippen molar-refractivity contribution in [2.24, 2.45) is 5.41 Å². The van der Waals surface area contributed by atoms with Crippen molar-refractivity contribution >= 4 is 11.6 Å². The maximum Gasteiger partial charge on any atom is -0.0200 e. The van der Waals surface area contributed by atoms with Crippen molar-refractivity contribution in [2.75, 3.05) is 0 Å². The van der Waals surface area contributed by atoms with Crippen LogP contribution in [0.25, 0.3) is 11.6 Å². The van der Waals surface area contributed by atoms with Crippen molar-refractivity contribution in [3.8, 4) is 0 Å². The molecule has 0 aliphatic heterocycles. The molecule has 2 rings (SSSR count). The highest BCUT2D eigenvalue weighted by molar-refractivity contribution is 5.63. The fourth-order valence-corrected chi connectivity index (χ4v) is 2.36. The molecule has 140 valence electrons. The largest absolute Gasteiger partial charge is 0.0955 e. The van der Waals surface area contributed by atoms with E-state index in [1.165, 1.54) is 41.5 Å². The van der Waals surface area contributed by atoms with Crippen LogP contribution in [-0.4, -0.2) is 0 Å². The van der Waals surface area contributed by atoms with E-state index in [1.54, 1.807) is 0 Å². The molecule has 0 aliphatic carbocycles. The lowest BCUT2D eigenvalue weighted by molar-refractivity contribution is 0.547. The smallest absolute Gasteiger partial charge is 0.0200 e. The summed E-state index contributed by atoms with van der Waals surface area (Å²) in [4.78, 5) is 0. The standard InChI is InChI=1S/C15H20.C11H16/c1-12(2)14-8-6-13(7-9-14)10-11-15(3,4)5;1-3-4-5-11-8-6-10(2)7-9-11/h6-11H,1H2,2-5H3;6-9H,3-5H2,1-2H3/b11-10+;. The molecule has 0 saturated carbocycles. The minimum Gasteiger partial charge on any atom is -0.0955 e. The van der Waals surface area contributed by atoms with Crippen LogP contribution in [0.1, 0.15) is 69.7 Å². The van der Waals surface area contributed by atoms with Crippen LogP contribution in [0.15, 0.2) is 61.2 Å². The zero-order valence-electron chi connectivity index (χ0n) is 17.6. The van der Waals surface area contributed by atoms with Gasteiger partial charge in [0.2, 0.25) is 0 Å². The van der Waals surface area contributed by atoms with Crippen molar-refractivity contribution in [1.82, 2.24) is 0 Å². The Kier molecular flexibility index (Phi) is 9.13. The third-order valence-corrected chi connectivity index (χ3v) is 4.12. The molecule has 0 heterocycles. The second kappa shape index (κ2) is 10.8. The van der Waals surface area contributed by atoms with Crippen molar-refractivity contribution in [1.29, 1.82) is 0 Å². The van der Waals surface area contributed by atoms with Crippen molar-refractivity contribution in [2.45, 2.75) is 60.8 Å². The lowest BCUT2D eigenvalue weighted by Crippen LogP contribution is -1.97. The molecule has 0 N–H and O–H groups in total. The summed E-state index contributed by atoms with van der Waals surface area (Å²) in [7, 11) is 0. The molecular formula is C26H36. The molecule has 0 amide bonds. The SMILES string of the molecule is C=C(C)c1ccc(/C=C/C(C)(C)C)cc1.CCCCc1ccc(C)cc1. The number of benzene rings is 2. The Bertz CT molecular complexity index is 676. The summed E-state index contributed by atoms with van der Waals surface area (Å²) in [5.74, 6) is 0. The highest BCUT2D eigenvalue weighted by Crippen LogP contribution is 2.18. The quantitative estimate of drug-likeness (QED) is 0.512. The lowest BCUT2D eigenvalue weighted by Gasteiger charge is -2.11. The van der Waals surface area contributed by atoms with Gasteiger partial charge in [0, 0.05) is 0 Å². The zero-order chi connectivity index (χ0) is 19.6. The van der Waals surface area contributed by atoms with E-state index in [-0.39, 0.29) is 5.41 Å². The zero-order valence-corrected chi connectivity index (χ0v) is 17.6. The monoisotopic (exact) mass is 348 g/mol. The van der Waals surface area contributed by atoms with E-state index in [0.29, 0.717) is 0 Å². The molecule has 2 aromatic rings. The van der Waals surface area contributed by atoms with E-state index >= 15 is 0 Å². The van der Waals surface area contributed by atoms with E-state index < -0.39 is 0 Å². The molecule has 26 heavy (non-hydrogen) atoms. The number of hydrogen-bond acceptors (Lipinski definition) is 0. The van der Waals surface area contributed by atoms with Gasteiger partial charge >= 0.3 is 0 Å². The van der Waals surface area contributed by atoms with Gasteiger partial charge < -0.3 is 0 Å². The van der Waals surface area contributed by atoms with Crippen LogP contribution in [-0.2, 0) is 6.42 Å². The second-order valence-electron chi connectivity index (χ2n) is 8.19. The molecule has 0 bridgehead atoms. The minimum absolute atomic E-state index is 0.243. The van der Waals surface area contributed by atoms with Gasteiger partial charge in [-0.05, 0) is 48.8 Å². The van der Waals surface area contributed by atoms with Gasteiger partial charge in [0.05, 0.1) is 0 Å². The number of allylic oxidation sites excluding steroid dienone is 2. The van der Waals surface area contributed by atoms with Gasteiger partial charge in [-0.15, -0.1) is 0 Å². The first-order chi connectivity index (χ1) is 12.2. The average molecular weight is 349 g/mol. The Labute approximate surface area is 161 Å². The summed E-state index contributed by atoms with van der Waals surface area (Å²) in [6.45, 7) is 16.9. The molecule has 0 unspecified atom stereocenters. The fraction of sp³-hybridized carbons (Fsp3) is 0.385. The van der Waals surface area contributed by atoms with Gasteiger partial charge in [-0.3, -0.25) is 0 Å². The topological polar surface area (TPSA) is 0 Å². The predicted octanol–water partition coefficient (Wildman–Crippen LogP) is 8.12. The van der Waals surface area contributed by atoms with Crippen LogP contribution in [0.2, 0.25) is 0 Å². The van der Waals surface area contributed by atoms with Gasteiger partial charge in [-0.25, -0.2) is 0 Å². The number of unbranched alkanes of at least 4 members (excludes halogenated alkanes) is 1. The van der Waals surface area contributed by atoms with E-state index in [0.717, 1.165) is 5.57 Å². The molecular weight excluding hydrogens is 312 g/mol. The summed E-state index contributed by atoms with van der Waals surface area (Å²) in [5.41, 5.74) is 6.63. The summed E-state index contributed by atoms with van der Waals surface area (Å²) >= 11 is 0. The number of aryl methyl sites for hydroxylation is 2. The van der Waals surface area contributed by atoms with E-state index in [4.69, 9.17) is 0 Å². The molecule has 0 aliphatic rings. The first kappa shape index (κ1) is 22.0. The van der Waals surface area contributed by atoms with Crippen LogP contribution in [0, 0.1) is 12.3 Å². The normalized spacial score (nSPS) is 11.2. The lowest BCUT2D eigenvalue weighted by atomic mass is 9.95. The summed E-state index contributed by atoms with van der Waals surface area (Å²) in [6, 6.07) is 17.3. The Balaban J connectivity index is 0.000000273. The molecule has 2 aromatic carbocycles. The Morgan fingerprint density at radius 3 is 2.00 bits per heavy atom. The molecule has 0 radical (unpaired) electrons. The van der Waals surface area contributed by atoms with Gasteiger partial charge in [0.1, 0.15) is 0 Å². The first-order valence-corrected chi connectivity index (χ1v) is 9.72. The van der Waals surface area contributed by atoms with Crippen LogP contribution in [0.4, 0.5) is 0 Å². The summed E-state index contributed by atoms with van der Waals surface area (Å²) in [6.07, 6.45) is 8.22. The predicted molar refractivity (Wildman–Crippen MR) is 119 cm³/mol. The highest BCUT2D eigenvalue weighted by Gasteiger charge is 2.03. The maximum atomic E-state index is 3.92. The molecule has 0 atom stereocenters. The molecule has 0 heteroatoms. The van der Waals surface area contributed by atoms with E-state index in [9.17, 15) is 0 Å². The van der Waals surface area contributed by atoms with Crippen LogP contribution in [0.5, 0.6) is 0 Å². The Morgan fingerprint density at radius 1 is 0.962 bits per heavy atom. The van der Waals surface area contributed by atoms with Gasteiger partial charge in [0.25, 0.3) is 0 Å². The third-order valence-electron chi connectivity index (χ3n) is 4.12. The second-order valence-corrected chi connectivity index (χ2v) is 8.19. The Morgan fingerprint density at radius 2 is 1.54 bits per heavy atom. The van der Waals surface area contributed by atoms with Crippen LogP contribution >= 0.6 is 0 Å². The van der Waals surface area contributed by atoms with Gasteiger partial charge in [0.15, 0.2) is 0 Å². The number of rotatable bonds is 5. The van der Waals surface area contributed by atoms with E-state index in [1.807, 2.05) is 6.92 Å². The maximum absolute atomic E-state index is 3.92. The molecule has 0 fully saturated rings. The first-order valence-electron chi connectivity index (χ1n) is 9.72. The minimum atomic E-state index is 0.243. The summed E-state index contributed by atoms with van der Waals surface area (Å²) in [5, 5.41) is 0. The molecule has 0 spiro atoms. The van der Waals surface area contributed by atoms with E-state index in [2.05, 4.69) is 102 Å². The third kappa shape index (κ3) is 9.42. The highest BCUT2D eigenvalue weighted by atomic mass is 14.1. The molecule has 0 nitrogen and oxygen atoms in total. The van der Waals surface area contributed by atoms with Crippen molar-refractivity contribution in [3.63, 3.8) is 0 Å². The van der Waals surface area contributed by atoms with Crippen molar-refractivity contribution in [3.05, 3.63) is 83.4 Å². The van der Waals surface area contributed by atoms with Crippen molar-refractivity contribution < 1.29 is 0 Å². The summed E-state index contributed by atoms with van der Waals surface area (Å²) < 4.78 is 0. The van der Waals surface area contributed by atoms with Crippen LogP contribution < -0.4 is 0 Å². The Hall–Kier alpha value is -2.08. The molecule has 0 saturated heterocycles.